The Kier molecular flexibility index (Phi) is 7.92. The number of benzene rings is 2. The lowest BCUT2D eigenvalue weighted by molar-refractivity contribution is -0.137. The van der Waals surface area contributed by atoms with Crippen molar-refractivity contribution in [1.29, 1.82) is 0 Å². The highest BCUT2D eigenvalue weighted by atomic mass is 35.5. The first kappa shape index (κ1) is 27.2. The normalized spacial score (nSPS) is 17.1. The fourth-order valence-corrected chi connectivity index (χ4v) is 6.76. The van der Waals surface area contributed by atoms with E-state index in [4.69, 9.17) is 16.7 Å². The van der Waals surface area contributed by atoms with Crippen LogP contribution >= 0.6 is 34.3 Å². The number of fused-ring (bicyclic) bond motifs is 1. The number of halogens is 3. The molecule has 39 heavy (non-hydrogen) atoms. The van der Waals surface area contributed by atoms with E-state index in [0.717, 1.165) is 21.0 Å². The highest BCUT2D eigenvalue weighted by Gasteiger charge is 2.38. The summed E-state index contributed by atoms with van der Waals surface area (Å²) in [7, 11) is 0. The Labute approximate surface area is 235 Å². The second kappa shape index (κ2) is 11.4. The average molecular weight is 590 g/mol. The molecule has 0 radical (unpaired) electrons. The Morgan fingerprint density at radius 2 is 2.03 bits per heavy atom. The van der Waals surface area contributed by atoms with Gasteiger partial charge in [0.15, 0.2) is 0 Å². The standard InChI is InChI=1S/C27H22ClF2N3O4S2/c28-19-7-14(20(30)10-21(19)32-26(37)18-13-38-23-4-2-1-3-17(18)23)8-24(34)33-12-15(29)9-22(33)27-31-11-16(39-27)5-6-25(35)36/h1-4,7,10-11,13,15,22H,5-6,8-9,12H2,(H,32,37)(H,35,36)/t15-,22-/m0/s1. The zero-order valence-electron chi connectivity index (χ0n) is 20.3. The molecule has 2 aromatic heterocycles. The number of nitrogens with zero attached hydrogens (tertiary/aromatic N) is 2. The van der Waals surface area contributed by atoms with E-state index in [2.05, 4.69) is 10.3 Å². The molecule has 0 spiro atoms. The van der Waals surface area contributed by atoms with Gasteiger partial charge in [0.25, 0.3) is 5.91 Å². The van der Waals surface area contributed by atoms with Crippen molar-refractivity contribution >= 4 is 67.8 Å². The van der Waals surface area contributed by atoms with Crippen molar-refractivity contribution < 1.29 is 28.3 Å². The predicted octanol–water partition coefficient (Wildman–Crippen LogP) is 6.27. The molecule has 5 rings (SSSR count). The summed E-state index contributed by atoms with van der Waals surface area (Å²) in [4.78, 5) is 43.2. The summed E-state index contributed by atoms with van der Waals surface area (Å²) in [5.41, 5.74) is 0.539. The van der Waals surface area contributed by atoms with Gasteiger partial charge in [-0.15, -0.1) is 22.7 Å². The molecule has 0 unspecified atom stereocenters. The van der Waals surface area contributed by atoms with Gasteiger partial charge in [0, 0.05) is 33.0 Å². The molecule has 2 amide bonds. The van der Waals surface area contributed by atoms with Gasteiger partial charge in [-0.25, -0.2) is 13.8 Å². The molecule has 0 bridgehead atoms. The van der Waals surface area contributed by atoms with E-state index in [0.29, 0.717) is 17.0 Å². The number of thiophene rings is 1. The van der Waals surface area contributed by atoms with Crippen LogP contribution in [0.15, 0.2) is 48.0 Å². The number of aryl methyl sites for hydroxylation is 1. The van der Waals surface area contributed by atoms with E-state index < -0.39 is 35.8 Å². The first-order valence-electron chi connectivity index (χ1n) is 12.0. The maximum absolute atomic E-state index is 15.1. The fraction of sp³-hybridized carbons (Fsp3) is 0.259. The van der Waals surface area contributed by atoms with Crippen LogP contribution in [-0.4, -0.2) is 45.5 Å². The molecule has 12 heteroatoms. The van der Waals surface area contributed by atoms with Gasteiger partial charge in [-0.05, 0) is 30.2 Å². The lowest BCUT2D eigenvalue weighted by Gasteiger charge is -2.23. The van der Waals surface area contributed by atoms with Crippen molar-refractivity contribution in [2.24, 2.45) is 0 Å². The SMILES string of the molecule is O=C(O)CCc1cnc([C@@H]2C[C@H](F)CN2C(=O)Cc2cc(Cl)c(NC(=O)c3csc4ccccc34)cc2F)s1. The number of aromatic nitrogens is 1. The smallest absolute Gasteiger partial charge is 0.303 e. The van der Waals surface area contributed by atoms with E-state index in [9.17, 15) is 18.8 Å². The number of amides is 2. The molecule has 2 aromatic carbocycles. The van der Waals surface area contributed by atoms with E-state index in [1.54, 1.807) is 11.6 Å². The second-order valence-corrected chi connectivity index (χ2v) is 11.6. The lowest BCUT2D eigenvalue weighted by atomic mass is 10.1. The molecule has 202 valence electrons. The first-order chi connectivity index (χ1) is 18.7. The van der Waals surface area contributed by atoms with E-state index in [1.165, 1.54) is 33.6 Å². The summed E-state index contributed by atoms with van der Waals surface area (Å²) < 4.78 is 30.4. The zero-order valence-corrected chi connectivity index (χ0v) is 22.7. The molecule has 0 saturated carbocycles. The van der Waals surface area contributed by atoms with Crippen molar-refractivity contribution in [2.75, 3.05) is 11.9 Å². The number of carboxylic acids is 1. The van der Waals surface area contributed by atoms with Crippen LogP contribution in [0.3, 0.4) is 0 Å². The number of alkyl halides is 1. The van der Waals surface area contributed by atoms with Gasteiger partial charge in [0.05, 0.1) is 41.7 Å². The quantitative estimate of drug-likeness (QED) is 0.252. The van der Waals surface area contributed by atoms with Gasteiger partial charge in [0.2, 0.25) is 5.91 Å². The highest BCUT2D eigenvalue weighted by molar-refractivity contribution is 7.17. The zero-order chi connectivity index (χ0) is 27.7. The van der Waals surface area contributed by atoms with Crippen molar-refractivity contribution in [3.8, 4) is 0 Å². The van der Waals surface area contributed by atoms with Crippen LogP contribution in [0.1, 0.15) is 44.7 Å². The molecule has 0 aliphatic carbocycles. The fourth-order valence-electron chi connectivity index (χ4n) is 4.54. The van der Waals surface area contributed by atoms with Crippen molar-refractivity contribution in [3.63, 3.8) is 0 Å². The second-order valence-electron chi connectivity index (χ2n) is 9.15. The summed E-state index contributed by atoms with van der Waals surface area (Å²) in [6.45, 7) is -0.147. The minimum Gasteiger partial charge on any atom is -0.481 e. The highest BCUT2D eigenvalue weighted by Crippen LogP contribution is 2.37. The molecule has 4 aromatic rings. The van der Waals surface area contributed by atoms with Crippen LogP contribution in [-0.2, 0) is 22.4 Å². The molecule has 1 aliphatic rings. The van der Waals surface area contributed by atoms with Crippen LogP contribution in [0, 0.1) is 5.82 Å². The molecule has 1 aliphatic heterocycles. The van der Waals surface area contributed by atoms with Crippen molar-refractivity contribution in [1.82, 2.24) is 9.88 Å². The van der Waals surface area contributed by atoms with Gasteiger partial charge in [-0.1, -0.05) is 29.8 Å². The average Bonchev–Trinajstić information content (AvgIpc) is 3.63. The van der Waals surface area contributed by atoms with E-state index >= 15 is 4.39 Å². The number of likely N-dealkylation sites (tertiary alicyclic amines) is 1. The van der Waals surface area contributed by atoms with Crippen LogP contribution in [0.25, 0.3) is 10.1 Å². The molecule has 2 atom stereocenters. The first-order valence-corrected chi connectivity index (χ1v) is 14.1. The molecule has 1 saturated heterocycles. The van der Waals surface area contributed by atoms with Gasteiger partial charge < -0.3 is 15.3 Å². The number of carbonyl (C=O) groups is 3. The Bertz CT molecular complexity index is 1570. The van der Waals surface area contributed by atoms with Crippen LogP contribution in [0.4, 0.5) is 14.5 Å². The third-order valence-corrected chi connectivity index (χ3v) is 8.90. The van der Waals surface area contributed by atoms with Crippen LogP contribution in [0.5, 0.6) is 0 Å². The molecule has 2 N–H and O–H groups in total. The third kappa shape index (κ3) is 5.95. The monoisotopic (exact) mass is 589 g/mol. The summed E-state index contributed by atoms with van der Waals surface area (Å²) in [5.74, 6) is -2.58. The summed E-state index contributed by atoms with van der Waals surface area (Å²) in [6.07, 6.45) is 0.230. The van der Waals surface area contributed by atoms with Crippen molar-refractivity contribution in [3.05, 3.63) is 79.8 Å². The largest absolute Gasteiger partial charge is 0.481 e. The summed E-state index contributed by atoms with van der Waals surface area (Å²) in [5, 5.41) is 14.6. The number of thiazole rings is 1. The number of hydrogen-bond donors (Lipinski definition) is 2. The predicted molar refractivity (Wildman–Crippen MR) is 147 cm³/mol. The lowest BCUT2D eigenvalue weighted by Crippen LogP contribution is -2.32. The number of carboxylic acid groups (broad SMARTS) is 1. The van der Waals surface area contributed by atoms with Crippen LogP contribution in [0.2, 0.25) is 5.02 Å². The Balaban J connectivity index is 1.29. The minimum atomic E-state index is -1.26. The van der Waals surface area contributed by atoms with Crippen LogP contribution < -0.4 is 5.32 Å². The number of hydrogen-bond acceptors (Lipinski definition) is 6. The molecular formula is C27H22ClF2N3O4S2. The number of aliphatic carboxylic acids is 1. The summed E-state index contributed by atoms with van der Waals surface area (Å²) in [6, 6.07) is 9.18. The van der Waals surface area contributed by atoms with Gasteiger partial charge in [-0.2, -0.15) is 0 Å². The molecule has 7 nitrogen and oxygen atoms in total. The van der Waals surface area contributed by atoms with E-state index in [-0.39, 0.29) is 42.1 Å². The molecule has 3 heterocycles. The van der Waals surface area contributed by atoms with E-state index in [1.807, 2.05) is 24.3 Å². The number of nitrogens with one attached hydrogen (secondary N) is 1. The Morgan fingerprint density at radius 3 is 2.82 bits per heavy atom. The van der Waals surface area contributed by atoms with Crippen molar-refractivity contribution in [2.45, 2.75) is 37.9 Å². The Hall–Kier alpha value is -3.41. The maximum atomic E-state index is 15.1. The van der Waals surface area contributed by atoms with Gasteiger partial charge >= 0.3 is 5.97 Å². The van der Waals surface area contributed by atoms with Gasteiger partial charge in [-0.3, -0.25) is 14.4 Å². The van der Waals surface area contributed by atoms with Gasteiger partial charge in [0.1, 0.15) is 17.0 Å². The third-order valence-electron chi connectivity index (χ3n) is 6.46. The number of rotatable bonds is 8. The molecule has 1 fully saturated rings. The Morgan fingerprint density at radius 1 is 1.23 bits per heavy atom. The topological polar surface area (TPSA) is 99.6 Å². The summed E-state index contributed by atoms with van der Waals surface area (Å²) >= 11 is 9.02. The number of anilines is 1. The number of carbonyl (C=O) groups excluding carboxylic acids is 2. The minimum absolute atomic E-state index is 0.0197. The molecular weight excluding hydrogens is 568 g/mol. The maximum Gasteiger partial charge on any atom is 0.303 e.